The summed E-state index contributed by atoms with van der Waals surface area (Å²) >= 11 is 0. The average Bonchev–Trinajstić information content (AvgIpc) is 3.09. The second kappa shape index (κ2) is 5.20. The zero-order chi connectivity index (χ0) is 14.8. The first kappa shape index (κ1) is 13.0. The number of fused-ring (bicyclic) bond motifs is 1. The fraction of sp³-hybridized carbons (Fsp3) is 0.143. The summed E-state index contributed by atoms with van der Waals surface area (Å²) in [5.41, 5.74) is 0.475. The number of carbonyl (C=O) groups is 3. The molecule has 21 heavy (non-hydrogen) atoms. The lowest BCUT2D eigenvalue weighted by Crippen LogP contribution is -2.32. The summed E-state index contributed by atoms with van der Waals surface area (Å²) in [6.45, 7) is 0. The highest BCUT2D eigenvalue weighted by molar-refractivity contribution is 6.20. The Bertz CT molecular complexity index is 674. The second-order valence-electron chi connectivity index (χ2n) is 4.45. The third kappa shape index (κ3) is 2.40. The number of imidazole rings is 1. The Morgan fingerprint density at radius 1 is 1.19 bits per heavy atom. The van der Waals surface area contributed by atoms with Gasteiger partial charge in [0, 0.05) is 18.8 Å². The van der Waals surface area contributed by atoms with Crippen LogP contribution in [0.2, 0.25) is 0 Å². The van der Waals surface area contributed by atoms with Gasteiger partial charge in [0.2, 0.25) is 0 Å². The van der Waals surface area contributed by atoms with Crippen molar-refractivity contribution in [2.24, 2.45) is 0 Å². The van der Waals surface area contributed by atoms with Crippen LogP contribution in [0, 0.1) is 0 Å². The molecule has 0 unspecified atom stereocenters. The fourth-order valence-electron chi connectivity index (χ4n) is 2.05. The highest BCUT2D eigenvalue weighted by Gasteiger charge is 2.38. The number of nitrogens with one attached hydrogen (secondary N) is 1. The van der Waals surface area contributed by atoms with Crippen molar-refractivity contribution < 1.29 is 19.2 Å². The topological polar surface area (TPSA) is 92.4 Å². The van der Waals surface area contributed by atoms with Gasteiger partial charge in [-0.15, -0.1) is 0 Å². The molecule has 106 valence electrons. The van der Waals surface area contributed by atoms with Gasteiger partial charge in [-0.25, -0.2) is 9.78 Å². The number of hydrogen-bond donors (Lipinski definition) is 1. The van der Waals surface area contributed by atoms with Crippen LogP contribution in [0.1, 0.15) is 33.0 Å². The van der Waals surface area contributed by atoms with Gasteiger partial charge in [-0.1, -0.05) is 17.2 Å². The van der Waals surface area contributed by atoms with E-state index in [0.29, 0.717) is 17.3 Å². The van der Waals surface area contributed by atoms with Gasteiger partial charge >= 0.3 is 5.97 Å². The largest absolute Gasteiger partial charge is 0.349 e. The molecule has 0 saturated heterocycles. The molecule has 1 aliphatic rings. The SMILES string of the molecule is O=C(CCc1ncc[nH]1)ON1C(=O)c2ccccc2C1=O. The number of aryl methyl sites for hydroxylation is 1. The van der Waals surface area contributed by atoms with Crippen molar-refractivity contribution >= 4 is 17.8 Å². The zero-order valence-corrected chi connectivity index (χ0v) is 10.9. The lowest BCUT2D eigenvalue weighted by atomic mass is 10.1. The summed E-state index contributed by atoms with van der Waals surface area (Å²) in [5.74, 6) is -1.28. The molecule has 0 aliphatic carbocycles. The van der Waals surface area contributed by atoms with Crippen LogP contribution in [-0.4, -0.2) is 32.8 Å². The summed E-state index contributed by atoms with van der Waals surface area (Å²) < 4.78 is 0. The smallest absolute Gasteiger partial charge is 0.333 e. The summed E-state index contributed by atoms with van der Waals surface area (Å²) in [6.07, 6.45) is 3.57. The number of H-pyrrole nitrogens is 1. The van der Waals surface area contributed by atoms with Gasteiger partial charge in [0.15, 0.2) is 0 Å². The number of hydroxylamine groups is 2. The fourth-order valence-corrected chi connectivity index (χ4v) is 2.05. The van der Waals surface area contributed by atoms with Crippen molar-refractivity contribution in [1.82, 2.24) is 15.0 Å². The van der Waals surface area contributed by atoms with Crippen molar-refractivity contribution in [2.75, 3.05) is 0 Å². The van der Waals surface area contributed by atoms with E-state index in [1.165, 1.54) is 12.1 Å². The number of nitrogens with zero attached hydrogens (tertiary/aromatic N) is 2. The number of imide groups is 1. The molecule has 0 bridgehead atoms. The number of benzene rings is 1. The minimum Gasteiger partial charge on any atom is -0.349 e. The first-order valence-electron chi connectivity index (χ1n) is 6.33. The molecule has 0 fully saturated rings. The molecular weight excluding hydrogens is 274 g/mol. The molecule has 3 rings (SSSR count). The van der Waals surface area contributed by atoms with Crippen LogP contribution < -0.4 is 0 Å². The molecular formula is C14H11N3O4. The second-order valence-corrected chi connectivity index (χ2v) is 4.45. The Kier molecular flexibility index (Phi) is 3.23. The predicted octanol–water partition coefficient (Wildman–Crippen LogP) is 1.10. The van der Waals surface area contributed by atoms with Crippen molar-refractivity contribution in [2.45, 2.75) is 12.8 Å². The summed E-state index contributed by atoms with van der Waals surface area (Å²) in [6, 6.07) is 6.33. The minimum atomic E-state index is -0.666. The van der Waals surface area contributed by atoms with E-state index in [-0.39, 0.29) is 17.5 Å². The van der Waals surface area contributed by atoms with E-state index < -0.39 is 17.8 Å². The lowest BCUT2D eigenvalue weighted by molar-refractivity contribution is -0.168. The Morgan fingerprint density at radius 3 is 2.43 bits per heavy atom. The van der Waals surface area contributed by atoms with Crippen LogP contribution in [0.4, 0.5) is 0 Å². The molecule has 1 aliphatic heterocycles. The molecule has 0 saturated carbocycles. The Labute approximate surface area is 119 Å². The van der Waals surface area contributed by atoms with E-state index in [9.17, 15) is 14.4 Å². The van der Waals surface area contributed by atoms with E-state index in [0.717, 1.165) is 0 Å². The van der Waals surface area contributed by atoms with Crippen molar-refractivity contribution in [1.29, 1.82) is 0 Å². The van der Waals surface area contributed by atoms with E-state index in [1.807, 2.05) is 0 Å². The number of amides is 2. The standard InChI is InChI=1S/C14H11N3O4/c18-12(6-5-11-15-7-8-16-11)21-17-13(19)9-3-1-2-4-10(9)14(17)20/h1-4,7-8H,5-6H2,(H,15,16). The van der Waals surface area contributed by atoms with E-state index in [2.05, 4.69) is 9.97 Å². The molecule has 2 heterocycles. The predicted molar refractivity (Wildman–Crippen MR) is 69.9 cm³/mol. The average molecular weight is 285 g/mol. The third-order valence-corrected chi connectivity index (χ3v) is 3.07. The number of aromatic amines is 1. The molecule has 7 heteroatoms. The molecule has 1 aromatic carbocycles. The summed E-state index contributed by atoms with van der Waals surface area (Å²) in [4.78, 5) is 47.4. The monoisotopic (exact) mass is 285 g/mol. The molecule has 2 aromatic rings. The lowest BCUT2D eigenvalue weighted by Gasteiger charge is -2.12. The first-order valence-corrected chi connectivity index (χ1v) is 6.33. The molecule has 0 radical (unpaired) electrons. The van der Waals surface area contributed by atoms with Crippen LogP contribution in [0.25, 0.3) is 0 Å². The Balaban J connectivity index is 1.65. The quantitative estimate of drug-likeness (QED) is 0.849. The maximum Gasteiger partial charge on any atom is 0.333 e. The molecule has 1 N–H and O–H groups in total. The highest BCUT2D eigenvalue weighted by Crippen LogP contribution is 2.22. The van der Waals surface area contributed by atoms with Crippen LogP contribution in [0.15, 0.2) is 36.7 Å². The van der Waals surface area contributed by atoms with Gasteiger partial charge < -0.3 is 9.82 Å². The van der Waals surface area contributed by atoms with E-state index in [1.54, 1.807) is 24.5 Å². The summed E-state index contributed by atoms with van der Waals surface area (Å²) in [5, 5.41) is 0.509. The van der Waals surface area contributed by atoms with Crippen LogP contribution in [-0.2, 0) is 16.1 Å². The zero-order valence-electron chi connectivity index (χ0n) is 10.9. The van der Waals surface area contributed by atoms with Crippen molar-refractivity contribution in [3.05, 3.63) is 53.6 Å². The van der Waals surface area contributed by atoms with Gasteiger partial charge in [-0.05, 0) is 12.1 Å². The highest BCUT2D eigenvalue weighted by atomic mass is 16.7. The van der Waals surface area contributed by atoms with E-state index >= 15 is 0 Å². The van der Waals surface area contributed by atoms with Gasteiger partial charge in [-0.3, -0.25) is 9.59 Å². The molecule has 1 aromatic heterocycles. The Hall–Kier alpha value is -2.96. The van der Waals surface area contributed by atoms with Gasteiger partial charge in [0.25, 0.3) is 11.8 Å². The van der Waals surface area contributed by atoms with Crippen molar-refractivity contribution in [3.63, 3.8) is 0 Å². The third-order valence-electron chi connectivity index (χ3n) is 3.07. The van der Waals surface area contributed by atoms with Gasteiger partial charge in [-0.2, -0.15) is 0 Å². The van der Waals surface area contributed by atoms with Crippen LogP contribution in [0.3, 0.4) is 0 Å². The molecule has 7 nitrogen and oxygen atoms in total. The molecule has 0 atom stereocenters. The molecule has 2 amide bonds. The number of carbonyl (C=O) groups excluding carboxylic acids is 3. The maximum absolute atomic E-state index is 12.0. The Morgan fingerprint density at radius 2 is 1.86 bits per heavy atom. The first-order chi connectivity index (χ1) is 10.2. The molecule has 0 spiro atoms. The number of hydrogen-bond acceptors (Lipinski definition) is 5. The van der Waals surface area contributed by atoms with Gasteiger partial charge in [0.05, 0.1) is 17.5 Å². The van der Waals surface area contributed by atoms with Crippen LogP contribution in [0.5, 0.6) is 0 Å². The minimum absolute atomic E-state index is 0.0148. The van der Waals surface area contributed by atoms with Crippen molar-refractivity contribution in [3.8, 4) is 0 Å². The number of rotatable bonds is 4. The maximum atomic E-state index is 12.0. The van der Waals surface area contributed by atoms with Gasteiger partial charge in [0.1, 0.15) is 5.82 Å². The van der Waals surface area contributed by atoms with Crippen LogP contribution >= 0.6 is 0 Å². The normalized spacial score (nSPS) is 13.4. The number of aromatic nitrogens is 2. The van der Waals surface area contributed by atoms with E-state index in [4.69, 9.17) is 4.84 Å². The summed E-state index contributed by atoms with van der Waals surface area (Å²) in [7, 11) is 0.